The highest BCUT2D eigenvalue weighted by atomic mass is 19.1. The zero-order valence-corrected chi connectivity index (χ0v) is 10.4. The Morgan fingerprint density at radius 3 is 2.45 bits per heavy atom. The number of aryl methyl sites for hydroxylation is 1. The summed E-state index contributed by atoms with van der Waals surface area (Å²) in [5.74, 6) is -4.33. The van der Waals surface area contributed by atoms with Gasteiger partial charge in [0.25, 0.3) is 0 Å². The fourth-order valence-corrected chi connectivity index (χ4v) is 1.61. The molecule has 0 saturated carbocycles. The molecule has 1 aromatic heterocycles. The SMILES string of the molecule is Cn1cc(C(N)C(=O)Nc2c(F)cc(F)cc2F)cn1. The van der Waals surface area contributed by atoms with E-state index in [4.69, 9.17) is 5.73 Å². The quantitative estimate of drug-likeness (QED) is 0.896. The third-order valence-electron chi connectivity index (χ3n) is 2.62. The molecule has 20 heavy (non-hydrogen) atoms. The van der Waals surface area contributed by atoms with Crippen molar-refractivity contribution in [3.8, 4) is 0 Å². The van der Waals surface area contributed by atoms with Crippen molar-refractivity contribution in [3.05, 3.63) is 47.5 Å². The van der Waals surface area contributed by atoms with E-state index in [1.807, 2.05) is 5.32 Å². The monoisotopic (exact) mass is 284 g/mol. The Morgan fingerprint density at radius 1 is 1.35 bits per heavy atom. The van der Waals surface area contributed by atoms with Gasteiger partial charge in [-0.1, -0.05) is 0 Å². The van der Waals surface area contributed by atoms with Crippen LogP contribution in [0.3, 0.4) is 0 Å². The fraction of sp³-hybridized carbons (Fsp3) is 0.167. The lowest BCUT2D eigenvalue weighted by Crippen LogP contribution is -2.28. The predicted octanol–water partition coefficient (Wildman–Crippen LogP) is 1.48. The zero-order valence-electron chi connectivity index (χ0n) is 10.4. The molecule has 0 aliphatic carbocycles. The van der Waals surface area contributed by atoms with Gasteiger partial charge >= 0.3 is 0 Å². The van der Waals surface area contributed by atoms with E-state index in [9.17, 15) is 18.0 Å². The third-order valence-corrected chi connectivity index (χ3v) is 2.62. The van der Waals surface area contributed by atoms with Gasteiger partial charge in [-0.2, -0.15) is 5.10 Å². The highest BCUT2D eigenvalue weighted by Gasteiger charge is 2.21. The predicted molar refractivity (Wildman–Crippen MR) is 65.1 cm³/mol. The molecule has 1 aromatic carbocycles. The number of hydrogen-bond acceptors (Lipinski definition) is 3. The molecule has 0 saturated heterocycles. The number of carbonyl (C=O) groups is 1. The van der Waals surface area contributed by atoms with Crippen LogP contribution in [0.15, 0.2) is 24.5 Å². The van der Waals surface area contributed by atoms with Gasteiger partial charge in [0.15, 0.2) is 11.6 Å². The van der Waals surface area contributed by atoms with Crippen molar-refractivity contribution in [2.75, 3.05) is 5.32 Å². The molecular weight excluding hydrogens is 273 g/mol. The summed E-state index contributed by atoms with van der Waals surface area (Å²) >= 11 is 0. The van der Waals surface area contributed by atoms with Gasteiger partial charge in [-0.3, -0.25) is 9.48 Å². The first-order valence-electron chi connectivity index (χ1n) is 5.58. The summed E-state index contributed by atoms with van der Waals surface area (Å²) in [4.78, 5) is 11.8. The molecule has 2 aromatic rings. The first-order chi connectivity index (χ1) is 9.38. The van der Waals surface area contributed by atoms with Gasteiger partial charge in [0.2, 0.25) is 5.91 Å². The molecule has 0 aliphatic rings. The van der Waals surface area contributed by atoms with Gasteiger partial charge in [0, 0.05) is 30.9 Å². The molecule has 0 aliphatic heterocycles. The molecule has 1 unspecified atom stereocenters. The zero-order chi connectivity index (χ0) is 14.9. The van der Waals surface area contributed by atoms with Crippen LogP contribution in [0.5, 0.6) is 0 Å². The first-order valence-corrected chi connectivity index (χ1v) is 5.58. The number of rotatable bonds is 3. The third kappa shape index (κ3) is 2.80. The normalized spacial score (nSPS) is 12.2. The van der Waals surface area contributed by atoms with Crippen molar-refractivity contribution in [3.63, 3.8) is 0 Å². The van der Waals surface area contributed by atoms with E-state index in [2.05, 4.69) is 5.10 Å². The minimum absolute atomic E-state index is 0.382. The second kappa shape index (κ2) is 5.33. The largest absolute Gasteiger partial charge is 0.320 e. The Bertz CT molecular complexity index is 633. The molecule has 106 valence electrons. The lowest BCUT2D eigenvalue weighted by molar-refractivity contribution is -0.117. The number of amides is 1. The number of aromatic nitrogens is 2. The fourth-order valence-electron chi connectivity index (χ4n) is 1.61. The topological polar surface area (TPSA) is 72.9 Å². The first kappa shape index (κ1) is 14.1. The lowest BCUT2D eigenvalue weighted by Gasteiger charge is -2.12. The van der Waals surface area contributed by atoms with Crippen molar-refractivity contribution < 1.29 is 18.0 Å². The minimum Gasteiger partial charge on any atom is -0.320 e. The maximum atomic E-state index is 13.4. The smallest absolute Gasteiger partial charge is 0.246 e. The van der Waals surface area contributed by atoms with E-state index in [0.717, 1.165) is 0 Å². The van der Waals surface area contributed by atoms with E-state index < -0.39 is 35.1 Å². The van der Waals surface area contributed by atoms with Crippen LogP contribution in [0, 0.1) is 17.5 Å². The molecule has 0 bridgehead atoms. The molecular formula is C12H11F3N4O. The number of halogens is 3. The molecule has 0 fully saturated rings. The van der Waals surface area contributed by atoms with Crippen LogP contribution in [0.4, 0.5) is 18.9 Å². The molecule has 2 rings (SSSR count). The second-order valence-corrected chi connectivity index (χ2v) is 4.16. The highest BCUT2D eigenvalue weighted by Crippen LogP contribution is 2.21. The molecule has 8 heteroatoms. The van der Waals surface area contributed by atoms with Crippen molar-refractivity contribution in [1.29, 1.82) is 0 Å². The van der Waals surface area contributed by atoms with Gasteiger partial charge < -0.3 is 11.1 Å². The maximum Gasteiger partial charge on any atom is 0.246 e. The molecule has 0 radical (unpaired) electrons. The average molecular weight is 284 g/mol. The molecule has 1 atom stereocenters. The Hall–Kier alpha value is -2.35. The van der Waals surface area contributed by atoms with Gasteiger partial charge in [-0.05, 0) is 0 Å². The van der Waals surface area contributed by atoms with E-state index in [0.29, 0.717) is 17.7 Å². The summed E-state index contributed by atoms with van der Waals surface area (Å²) in [6.45, 7) is 0. The number of anilines is 1. The molecule has 3 N–H and O–H groups in total. The van der Waals surface area contributed by atoms with Gasteiger partial charge in [-0.15, -0.1) is 0 Å². The van der Waals surface area contributed by atoms with E-state index in [1.54, 1.807) is 7.05 Å². The summed E-state index contributed by atoms with van der Waals surface area (Å²) in [5.41, 5.74) is 5.29. The lowest BCUT2D eigenvalue weighted by atomic mass is 10.1. The molecule has 5 nitrogen and oxygen atoms in total. The van der Waals surface area contributed by atoms with Crippen molar-refractivity contribution in [2.24, 2.45) is 12.8 Å². The van der Waals surface area contributed by atoms with Crippen molar-refractivity contribution >= 4 is 11.6 Å². The Balaban J connectivity index is 2.20. The Morgan fingerprint density at radius 2 is 1.95 bits per heavy atom. The number of hydrogen-bond donors (Lipinski definition) is 2. The van der Waals surface area contributed by atoms with Crippen LogP contribution in [0.25, 0.3) is 0 Å². The molecule has 1 heterocycles. The van der Waals surface area contributed by atoms with Gasteiger partial charge in [0.05, 0.1) is 6.20 Å². The summed E-state index contributed by atoms with van der Waals surface area (Å²) in [6.07, 6.45) is 2.86. The summed E-state index contributed by atoms with van der Waals surface area (Å²) in [7, 11) is 1.63. The number of nitrogens with one attached hydrogen (secondary N) is 1. The van der Waals surface area contributed by atoms with E-state index >= 15 is 0 Å². The standard InChI is InChI=1S/C12H11F3N4O/c1-19-5-6(4-17-19)10(16)12(20)18-11-8(14)2-7(13)3-9(11)15/h2-5,10H,16H2,1H3,(H,18,20). The number of carbonyl (C=O) groups excluding carboxylic acids is 1. The summed E-state index contributed by atoms with van der Waals surface area (Å²) in [5, 5.41) is 5.83. The molecule has 1 amide bonds. The van der Waals surface area contributed by atoms with E-state index in [1.165, 1.54) is 17.1 Å². The maximum absolute atomic E-state index is 13.4. The van der Waals surface area contributed by atoms with Crippen LogP contribution >= 0.6 is 0 Å². The summed E-state index contributed by atoms with van der Waals surface area (Å²) in [6, 6.07) is -0.213. The van der Waals surface area contributed by atoms with Crippen molar-refractivity contribution in [2.45, 2.75) is 6.04 Å². The van der Waals surface area contributed by atoms with Crippen LogP contribution in [0.1, 0.15) is 11.6 Å². The van der Waals surface area contributed by atoms with E-state index in [-0.39, 0.29) is 0 Å². The van der Waals surface area contributed by atoms with Crippen molar-refractivity contribution in [1.82, 2.24) is 9.78 Å². The minimum atomic E-state index is -1.21. The number of benzene rings is 1. The van der Waals surface area contributed by atoms with Crippen LogP contribution < -0.4 is 11.1 Å². The number of nitrogens with zero attached hydrogens (tertiary/aromatic N) is 2. The average Bonchev–Trinajstić information content (AvgIpc) is 2.79. The second-order valence-electron chi connectivity index (χ2n) is 4.16. The van der Waals surface area contributed by atoms with Gasteiger partial charge in [0.1, 0.15) is 17.5 Å². The summed E-state index contributed by atoms with van der Waals surface area (Å²) < 4.78 is 41.0. The Labute approximate surface area is 112 Å². The van der Waals surface area contributed by atoms with Crippen LogP contribution in [0.2, 0.25) is 0 Å². The highest BCUT2D eigenvalue weighted by molar-refractivity contribution is 5.95. The van der Waals surface area contributed by atoms with Crippen LogP contribution in [-0.4, -0.2) is 15.7 Å². The Kier molecular flexibility index (Phi) is 3.75. The van der Waals surface area contributed by atoms with Gasteiger partial charge in [-0.25, -0.2) is 13.2 Å². The number of nitrogens with two attached hydrogens (primary N) is 1. The molecule has 0 spiro atoms. The van der Waals surface area contributed by atoms with Crippen LogP contribution in [-0.2, 0) is 11.8 Å².